The maximum absolute atomic E-state index is 12.0. The third kappa shape index (κ3) is 5.23. The zero-order valence-corrected chi connectivity index (χ0v) is 18.6. The van der Waals surface area contributed by atoms with Crippen LogP contribution in [0.5, 0.6) is 5.75 Å². The van der Waals surface area contributed by atoms with Crippen LogP contribution in [0.3, 0.4) is 0 Å². The van der Waals surface area contributed by atoms with Crippen LogP contribution >= 0.6 is 0 Å². The van der Waals surface area contributed by atoms with Crippen molar-refractivity contribution in [1.82, 2.24) is 9.80 Å². The molecule has 0 spiro atoms. The number of carbonyl (C=O) groups excluding carboxylic acids is 1. The molecule has 4 nitrogen and oxygen atoms in total. The maximum Gasteiger partial charge on any atom is 0.253 e. The normalized spacial score (nSPS) is 18.8. The lowest BCUT2D eigenvalue weighted by Crippen LogP contribution is -2.38. The fourth-order valence-corrected chi connectivity index (χ4v) is 4.24. The van der Waals surface area contributed by atoms with Gasteiger partial charge in [-0.05, 0) is 85.5 Å². The molecule has 1 saturated carbocycles. The SMILES string of the molecule is CN(C)C(=O)c1ccc(-c2ccc(OCC3CCN(CC4(C)CC4)CC3)cc2)cc1. The lowest BCUT2D eigenvalue weighted by Gasteiger charge is -2.33. The van der Waals surface area contributed by atoms with Crippen molar-refractivity contribution in [2.75, 3.05) is 40.3 Å². The first kappa shape index (κ1) is 20.9. The fraction of sp³-hybridized carbons (Fsp3) is 0.500. The summed E-state index contributed by atoms with van der Waals surface area (Å²) in [5.74, 6) is 1.62. The first-order valence-electron chi connectivity index (χ1n) is 11.2. The number of benzene rings is 2. The second-order valence-electron chi connectivity index (χ2n) is 9.64. The highest BCUT2D eigenvalue weighted by Gasteiger charge is 2.39. The average molecular weight is 407 g/mol. The number of hydrogen-bond donors (Lipinski definition) is 0. The van der Waals surface area contributed by atoms with Gasteiger partial charge in [0.15, 0.2) is 0 Å². The summed E-state index contributed by atoms with van der Waals surface area (Å²) in [7, 11) is 3.54. The van der Waals surface area contributed by atoms with E-state index < -0.39 is 0 Å². The minimum absolute atomic E-state index is 0.0258. The Morgan fingerprint density at radius 2 is 1.57 bits per heavy atom. The van der Waals surface area contributed by atoms with Crippen molar-refractivity contribution < 1.29 is 9.53 Å². The van der Waals surface area contributed by atoms with Gasteiger partial charge in [-0.1, -0.05) is 31.2 Å². The Balaban J connectivity index is 1.25. The molecule has 0 N–H and O–H groups in total. The molecule has 2 aromatic carbocycles. The maximum atomic E-state index is 12.0. The van der Waals surface area contributed by atoms with E-state index in [1.54, 1.807) is 19.0 Å². The van der Waals surface area contributed by atoms with Crippen LogP contribution in [-0.4, -0.2) is 56.0 Å². The van der Waals surface area contributed by atoms with E-state index in [1.807, 2.05) is 24.3 Å². The molecule has 30 heavy (non-hydrogen) atoms. The van der Waals surface area contributed by atoms with Crippen LogP contribution in [0.4, 0.5) is 0 Å². The number of amides is 1. The van der Waals surface area contributed by atoms with Gasteiger partial charge in [0.2, 0.25) is 0 Å². The Morgan fingerprint density at radius 3 is 2.10 bits per heavy atom. The third-order valence-electron chi connectivity index (χ3n) is 6.63. The van der Waals surface area contributed by atoms with Crippen molar-refractivity contribution in [3.05, 3.63) is 54.1 Å². The van der Waals surface area contributed by atoms with Crippen molar-refractivity contribution in [2.45, 2.75) is 32.6 Å². The number of carbonyl (C=O) groups is 1. The van der Waals surface area contributed by atoms with Crippen LogP contribution in [-0.2, 0) is 0 Å². The molecule has 2 fully saturated rings. The minimum Gasteiger partial charge on any atom is -0.493 e. The van der Waals surface area contributed by atoms with Crippen LogP contribution < -0.4 is 4.74 Å². The van der Waals surface area contributed by atoms with Crippen LogP contribution in [0.2, 0.25) is 0 Å². The monoisotopic (exact) mass is 406 g/mol. The molecular weight excluding hydrogens is 372 g/mol. The van der Waals surface area contributed by atoms with Crippen LogP contribution in [0.15, 0.2) is 48.5 Å². The molecule has 1 aliphatic heterocycles. The molecule has 0 atom stereocenters. The molecule has 1 aliphatic carbocycles. The van der Waals surface area contributed by atoms with Crippen molar-refractivity contribution in [3.63, 3.8) is 0 Å². The molecule has 0 aromatic heterocycles. The van der Waals surface area contributed by atoms with Crippen molar-refractivity contribution in [1.29, 1.82) is 0 Å². The molecule has 0 unspecified atom stereocenters. The Labute approximate surface area is 180 Å². The Bertz CT molecular complexity index is 846. The van der Waals surface area contributed by atoms with Crippen LogP contribution in [0.1, 0.15) is 43.0 Å². The molecule has 1 heterocycles. The van der Waals surface area contributed by atoms with Gasteiger partial charge in [-0.2, -0.15) is 0 Å². The molecule has 4 heteroatoms. The largest absolute Gasteiger partial charge is 0.493 e. The van der Waals surface area contributed by atoms with Crippen molar-refractivity contribution in [2.24, 2.45) is 11.3 Å². The first-order valence-corrected chi connectivity index (χ1v) is 11.2. The quantitative estimate of drug-likeness (QED) is 0.652. The van der Waals surface area contributed by atoms with E-state index in [0.717, 1.165) is 23.5 Å². The van der Waals surface area contributed by atoms with E-state index in [4.69, 9.17) is 4.74 Å². The first-order chi connectivity index (χ1) is 14.4. The fourth-order valence-electron chi connectivity index (χ4n) is 4.24. The summed E-state index contributed by atoms with van der Waals surface area (Å²) in [5.41, 5.74) is 3.57. The summed E-state index contributed by atoms with van der Waals surface area (Å²) in [6.45, 7) is 6.95. The number of likely N-dealkylation sites (tertiary alicyclic amines) is 1. The molecule has 1 saturated heterocycles. The lowest BCUT2D eigenvalue weighted by molar-refractivity contribution is 0.0827. The van der Waals surface area contributed by atoms with E-state index in [2.05, 4.69) is 36.1 Å². The van der Waals surface area contributed by atoms with E-state index in [9.17, 15) is 4.79 Å². The van der Waals surface area contributed by atoms with Crippen LogP contribution in [0.25, 0.3) is 11.1 Å². The summed E-state index contributed by atoms with van der Waals surface area (Å²) in [4.78, 5) is 16.3. The smallest absolute Gasteiger partial charge is 0.253 e. The highest BCUT2D eigenvalue weighted by atomic mass is 16.5. The van der Waals surface area contributed by atoms with Gasteiger partial charge in [0.05, 0.1) is 6.61 Å². The average Bonchev–Trinajstić information content (AvgIpc) is 3.49. The van der Waals surface area contributed by atoms with Gasteiger partial charge in [0, 0.05) is 26.2 Å². The number of piperidine rings is 1. The highest BCUT2D eigenvalue weighted by molar-refractivity contribution is 5.94. The molecular formula is C26H34N2O2. The Morgan fingerprint density at radius 1 is 1.00 bits per heavy atom. The van der Waals surface area contributed by atoms with Gasteiger partial charge < -0.3 is 14.5 Å². The number of rotatable bonds is 7. The second kappa shape index (κ2) is 8.81. The minimum atomic E-state index is 0.0258. The van der Waals surface area contributed by atoms with E-state index >= 15 is 0 Å². The van der Waals surface area contributed by atoms with Crippen molar-refractivity contribution in [3.8, 4) is 16.9 Å². The zero-order chi connectivity index (χ0) is 21.1. The van der Waals surface area contributed by atoms with Gasteiger partial charge in [0.25, 0.3) is 5.91 Å². The number of nitrogens with zero attached hydrogens (tertiary/aromatic N) is 2. The van der Waals surface area contributed by atoms with Gasteiger partial charge in [-0.25, -0.2) is 0 Å². The second-order valence-corrected chi connectivity index (χ2v) is 9.64. The third-order valence-corrected chi connectivity index (χ3v) is 6.63. The molecule has 2 aromatic rings. The van der Waals surface area contributed by atoms with Gasteiger partial charge in [0.1, 0.15) is 5.75 Å². The van der Waals surface area contributed by atoms with Crippen LogP contribution in [0, 0.1) is 11.3 Å². The van der Waals surface area contributed by atoms with Gasteiger partial charge in [-0.3, -0.25) is 4.79 Å². The topological polar surface area (TPSA) is 32.8 Å². The summed E-state index contributed by atoms with van der Waals surface area (Å²) in [6, 6.07) is 16.1. The summed E-state index contributed by atoms with van der Waals surface area (Å²) in [6.07, 6.45) is 5.30. The Kier molecular flexibility index (Phi) is 6.14. The van der Waals surface area contributed by atoms with Gasteiger partial charge in [-0.15, -0.1) is 0 Å². The molecule has 4 rings (SSSR count). The highest BCUT2D eigenvalue weighted by Crippen LogP contribution is 2.45. The lowest BCUT2D eigenvalue weighted by atomic mass is 9.96. The predicted molar refractivity (Wildman–Crippen MR) is 122 cm³/mol. The zero-order valence-electron chi connectivity index (χ0n) is 18.6. The molecule has 0 bridgehead atoms. The van der Waals surface area contributed by atoms with E-state index in [-0.39, 0.29) is 5.91 Å². The van der Waals surface area contributed by atoms with Gasteiger partial charge >= 0.3 is 0 Å². The molecule has 160 valence electrons. The van der Waals surface area contributed by atoms with Crippen molar-refractivity contribution >= 4 is 5.91 Å². The molecule has 2 aliphatic rings. The van der Waals surface area contributed by atoms with E-state index in [0.29, 0.717) is 16.9 Å². The predicted octanol–water partition coefficient (Wildman–Crippen LogP) is 4.95. The summed E-state index contributed by atoms with van der Waals surface area (Å²) < 4.78 is 6.09. The number of hydrogen-bond acceptors (Lipinski definition) is 3. The Hall–Kier alpha value is -2.33. The van der Waals surface area contributed by atoms with E-state index in [1.165, 1.54) is 45.3 Å². The molecule has 0 radical (unpaired) electrons. The summed E-state index contributed by atoms with van der Waals surface area (Å²) >= 11 is 0. The number of ether oxygens (including phenoxy) is 1. The summed E-state index contributed by atoms with van der Waals surface area (Å²) in [5, 5.41) is 0. The standard InChI is InChI=1S/C26H34N2O2/c1-26(14-15-26)19-28-16-12-20(13-17-28)18-30-24-10-8-22(9-11-24)21-4-6-23(7-5-21)25(29)27(2)3/h4-11,20H,12-19H2,1-3H3. The molecule has 1 amide bonds.